The van der Waals surface area contributed by atoms with Crippen LogP contribution in [0, 0.1) is 0 Å². The monoisotopic (exact) mass is 461 g/mol. The summed E-state index contributed by atoms with van der Waals surface area (Å²) in [5, 5.41) is 11.1. The van der Waals surface area contributed by atoms with E-state index in [-0.39, 0.29) is 18.4 Å². The molecule has 8 nitrogen and oxygen atoms in total. The number of ketones is 1. The highest BCUT2D eigenvalue weighted by molar-refractivity contribution is 6.03. The summed E-state index contributed by atoms with van der Waals surface area (Å²) in [6.07, 6.45) is 4.42. The molecule has 0 saturated heterocycles. The Bertz CT molecular complexity index is 1160. The van der Waals surface area contributed by atoms with Crippen molar-refractivity contribution in [2.24, 2.45) is 5.73 Å². The Hall–Kier alpha value is -3.65. The molecule has 3 aromatic rings. The minimum atomic E-state index is -0.496. The molecule has 4 rings (SSSR count). The van der Waals surface area contributed by atoms with Gasteiger partial charge in [0.15, 0.2) is 5.78 Å². The van der Waals surface area contributed by atoms with Crippen molar-refractivity contribution in [1.82, 2.24) is 15.1 Å². The van der Waals surface area contributed by atoms with Crippen LogP contribution in [0.25, 0.3) is 11.3 Å². The van der Waals surface area contributed by atoms with E-state index < -0.39 is 5.91 Å². The predicted molar refractivity (Wildman–Crippen MR) is 132 cm³/mol. The lowest BCUT2D eigenvalue weighted by molar-refractivity contribution is 0.0984. The number of primary amides is 1. The summed E-state index contributed by atoms with van der Waals surface area (Å²) in [6, 6.07) is 15.3. The Morgan fingerprint density at radius 1 is 1.12 bits per heavy atom. The molecule has 8 heteroatoms. The molecule has 0 unspecified atom stereocenters. The van der Waals surface area contributed by atoms with Crippen LogP contribution in [0.1, 0.15) is 58.0 Å². The van der Waals surface area contributed by atoms with Gasteiger partial charge < -0.3 is 21.1 Å². The topological polar surface area (TPSA) is 111 Å². The van der Waals surface area contributed by atoms with Crippen molar-refractivity contribution in [3.8, 4) is 17.0 Å². The Labute approximate surface area is 199 Å². The molecule has 0 atom stereocenters. The second kappa shape index (κ2) is 10.5. The number of amides is 1. The van der Waals surface area contributed by atoms with Gasteiger partial charge in [-0.15, -0.1) is 0 Å². The van der Waals surface area contributed by atoms with Crippen molar-refractivity contribution >= 4 is 17.5 Å². The summed E-state index contributed by atoms with van der Waals surface area (Å²) in [7, 11) is 3.35. The average molecular weight is 462 g/mol. The first-order valence-electron chi connectivity index (χ1n) is 11.6. The number of ether oxygens (including phenoxy) is 1. The number of aromatic nitrogens is 2. The molecular formula is C26H31N5O3. The fourth-order valence-corrected chi connectivity index (χ4v) is 4.59. The highest BCUT2D eigenvalue weighted by Crippen LogP contribution is 2.36. The van der Waals surface area contributed by atoms with E-state index in [1.165, 1.54) is 0 Å². The summed E-state index contributed by atoms with van der Waals surface area (Å²) < 4.78 is 7.20. The van der Waals surface area contributed by atoms with Gasteiger partial charge in [-0.3, -0.25) is 9.59 Å². The van der Waals surface area contributed by atoms with Crippen LogP contribution in [0.3, 0.4) is 0 Å². The zero-order valence-electron chi connectivity index (χ0n) is 19.6. The van der Waals surface area contributed by atoms with Gasteiger partial charge in [0.25, 0.3) is 5.91 Å². The predicted octanol–water partition coefficient (Wildman–Crippen LogP) is 3.79. The van der Waals surface area contributed by atoms with E-state index in [1.54, 1.807) is 26.3 Å². The van der Waals surface area contributed by atoms with Gasteiger partial charge in [-0.05, 0) is 30.5 Å². The van der Waals surface area contributed by atoms with Crippen molar-refractivity contribution in [2.75, 3.05) is 26.0 Å². The quantitative estimate of drug-likeness (QED) is 0.396. The standard InChI is InChI=1S/C26H31N5O3/c1-28-26-23(25(27)33)24(30-31(26)19-7-3-4-8-19)18-13-11-17(12-14-18)15-29-16-21(32)20-9-5-6-10-22(20)34-2/h5-6,9-14,19,28-29H,3-4,7-8,15-16H2,1-2H3,(H2,27,33). The number of Topliss-reactive ketones (excluding diaryl/α,β-unsaturated/α-hetero) is 1. The maximum Gasteiger partial charge on any atom is 0.254 e. The molecule has 1 aliphatic rings. The number of nitrogens with zero attached hydrogens (tertiary/aromatic N) is 2. The van der Waals surface area contributed by atoms with E-state index >= 15 is 0 Å². The van der Waals surface area contributed by atoms with E-state index in [1.807, 2.05) is 41.1 Å². The number of anilines is 1. The molecule has 1 heterocycles. The molecule has 0 spiro atoms. The summed E-state index contributed by atoms with van der Waals surface area (Å²) >= 11 is 0. The Morgan fingerprint density at radius 2 is 1.82 bits per heavy atom. The van der Waals surface area contributed by atoms with Gasteiger partial charge in [0.1, 0.15) is 22.8 Å². The van der Waals surface area contributed by atoms with E-state index in [0.717, 1.165) is 36.8 Å². The van der Waals surface area contributed by atoms with Gasteiger partial charge in [0.05, 0.1) is 25.3 Å². The third-order valence-corrected chi connectivity index (χ3v) is 6.31. The van der Waals surface area contributed by atoms with Gasteiger partial charge in [0, 0.05) is 19.2 Å². The molecule has 0 radical (unpaired) electrons. The van der Waals surface area contributed by atoms with Crippen molar-refractivity contribution in [1.29, 1.82) is 0 Å². The third-order valence-electron chi connectivity index (χ3n) is 6.31. The SMILES string of the molecule is CNc1c(C(N)=O)c(-c2ccc(CNCC(=O)c3ccccc3OC)cc2)nn1C1CCCC1. The van der Waals surface area contributed by atoms with Crippen LogP contribution in [-0.4, -0.2) is 42.2 Å². The lowest BCUT2D eigenvalue weighted by atomic mass is 10.0. The molecule has 1 aliphatic carbocycles. The molecule has 1 saturated carbocycles. The molecule has 1 fully saturated rings. The first-order chi connectivity index (χ1) is 16.5. The van der Waals surface area contributed by atoms with Crippen molar-refractivity contribution in [3.05, 3.63) is 65.2 Å². The number of para-hydroxylation sites is 1. The van der Waals surface area contributed by atoms with Crippen LogP contribution < -0.4 is 21.1 Å². The zero-order valence-corrected chi connectivity index (χ0v) is 19.6. The van der Waals surface area contributed by atoms with Crippen molar-refractivity contribution in [2.45, 2.75) is 38.3 Å². The number of hydrogen-bond donors (Lipinski definition) is 3. The smallest absolute Gasteiger partial charge is 0.254 e. The van der Waals surface area contributed by atoms with Crippen molar-refractivity contribution < 1.29 is 14.3 Å². The largest absolute Gasteiger partial charge is 0.496 e. The van der Waals surface area contributed by atoms with Gasteiger partial charge in [-0.1, -0.05) is 49.2 Å². The summed E-state index contributed by atoms with van der Waals surface area (Å²) in [5.74, 6) is 0.721. The molecule has 2 aromatic carbocycles. The van der Waals surface area contributed by atoms with Crippen LogP contribution in [-0.2, 0) is 6.54 Å². The molecule has 34 heavy (non-hydrogen) atoms. The summed E-state index contributed by atoms with van der Waals surface area (Å²) in [6.45, 7) is 0.730. The van der Waals surface area contributed by atoms with Crippen LogP contribution in [0.4, 0.5) is 5.82 Å². The fraction of sp³-hybridized carbons (Fsp3) is 0.346. The van der Waals surface area contributed by atoms with E-state index in [9.17, 15) is 9.59 Å². The number of carbonyl (C=O) groups excluding carboxylic acids is 2. The second-order valence-corrected chi connectivity index (χ2v) is 8.49. The summed E-state index contributed by atoms with van der Waals surface area (Å²) in [5.41, 5.74) is 9.17. The first-order valence-corrected chi connectivity index (χ1v) is 11.6. The number of carbonyl (C=O) groups is 2. The molecule has 4 N–H and O–H groups in total. The lowest BCUT2D eigenvalue weighted by Gasteiger charge is -2.13. The minimum absolute atomic E-state index is 0.0304. The molecule has 178 valence electrons. The second-order valence-electron chi connectivity index (χ2n) is 8.49. The summed E-state index contributed by atoms with van der Waals surface area (Å²) in [4.78, 5) is 24.8. The number of hydrogen-bond acceptors (Lipinski definition) is 6. The zero-order chi connectivity index (χ0) is 24.1. The Balaban J connectivity index is 1.47. The maximum absolute atomic E-state index is 12.5. The number of rotatable bonds is 10. The maximum atomic E-state index is 12.5. The highest BCUT2D eigenvalue weighted by atomic mass is 16.5. The molecule has 1 aromatic heterocycles. The molecular weight excluding hydrogens is 430 g/mol. The number of benzene rings is 2. The normalized spacial score (nSPS) is 13.7. The average Bonchev–Trinajstić information content (AvgIpc) is 3.52. The van der Waals surface area contributed by atoms with Gasteiger partial charge in [0.2, 0.25) is 0 Å². The van der Waals surface area contributed by atoms with E-state index in [0.29, 0.717) is 34.9 Å². The number of nitrogens with one attached hydrogen (secondary N) is 2. The van der Waals surface area contributed by atoms with Crippen LogP contribution in [0.15, 0.2) is 48.5 Å². The van der Waals surface area contributed by atoms with Crippen molar-refractivity contribution in [3.63, 3.8) is 0 Å². The molecule has 0 aliphatic heterocycles. The fourth-order valence-electron chi connectivity index (χ4n) is 4.59. The first kappa shape index (κ1) is 23.5. The Morgan fingerprint density at radius 3 is 2.47 bits per heavy atom. The lowest BCUT2D eigenvalue weighted by Crippen LogP contribution is -2.23. The van der Waals surface area contributed by atoms with E-state index in [2.05, 4.69) is 10.6 Å². The van der Waals surface area contributed by atoms with Crippen LogP contribution in [0.5, 0.6) is 5.75 Å². The molecule has 0 bridgehead atoms. The Kier molecular flexibility index (Phi) is 7.27. The van der Waals surface area contributed by atoms with Crippen LogP contribution >= 0.6 is 0 Å². The van der Waals surface area contributed by atoms with E-state index in [4.69, 9.17) is 15.6 Å². The molecule has 1 amide bonds. The minimum Gasteiger partial charge on any atom is -0.496 e. The highest BCUT2D eigenvalue weighted by Gasteiger charge is 2.28. The van der Waals surface area contributed by atoms with Gasteiger partial charge >= 0.3 is 0 Å². The van der Waals surface area contributed by atoms with Gasteiger partial charge in [-0.2, -0.15) is 5.10 Å². The van der Waals surface area contributed by atoms with Crippen LogP contribution in [0.2, 0.25) is 0 Å². The number of methoxy groups -OCH3 is 1. The third kappa shape index (κ3) is 4.82. The van der Waals surface area contributed by atoms with Gasteiger partial charge in [-0.25, -0.2) is 4.68 Å². The number of nitrogens with two attached hydrogens (primary N) is 1.